The molecule has 0 atom stereocenters. The van der Waals surface area contributed by atoms with E-state index < -0.39 is 0 Å². The summed E-state index contributed by atoms with van der Waals surface area (Å²) in [6.07, 6.45) is 3.34. The van der Waals surface area contributed by atoms with Crippen LogP contribution in [-0.4, -0.2) is 43.8 Å². The number of hydrogen-bond acceptors (Lipinski definition) is 3. The van der Waals surface area contributed by atoms with E-state index in [2.05, 4.69) is 25.7 Å². The molecule has 0 aromatic rings. The van der Waals surface area contributed by atoms with Gasteiger partial charge in [0.25, 0.3) is 0 Å². The zero-order chi connectivity index (χ0) is 11.7. The molecule has 0 aromatic heterocycles. The molecule has 0 bridgehead atoms. The van der Waals surface area contributed by atoms with Gasteiger partial charge in [-0.25, -0.2) is 0 Å². The molecular weight excluding hydrogens is 188 g/mol. The third-order valence-electron chi connectivity index (χ3n) is 3.53. The van der Waals surface area contributed by atoms with Gasteiger partial charge in [-0.2, -0.15) is 0 Å². The Balaban J connectivity index is 4.31. The molecule has 0 unspecified atom stereocenters. The SMILES string of the molecule is CCN(CCCOC)C(CC)(CC)CN. The summed E-state index contributed by atoms with van der Waals surface area (Å²) in [5, 5.41) is 0. The molecule has 3 nitrogen and oxygen atoms in total. The number of methoxy groups -OCH3 is 1. The third-order valence-corrected chi connectivity index (χ3v) is 3.53. The predicted octanol–water partition coefficient (Wildman–Crippen LogP) is 1.86. The molecular formula is C12H28N2O. The second-order valence-corrected chi connectivity index (χ2v) is 4.06. The molecule has 0 radical (unpaired) electrons. The van der Waals surface area contributed by atoms with E-state index in [-0.39, 0.29) is 5.54 Å². The van der Waals surface area contributed by atoms with Gasteiger partial charge in [-0.15, -0.1) is 0 Å². The summed E-state index contributed by atoms with van der Waals surface area (Å²) < 4.78 is 5.09. The summed E-state index contributed by atoms with van der Waals surface area (Å²) in [4.78, 5) is 2.51. The van der Waals surface area contributed by atoms with Crippen LogP contribution in [-0.2, 0) is 4.74 Å². The first-order valence-corrected chi connectivity index (χ1v) is 6.14. The molecule has 3 heteroatoms. The maximum Gasteiger partial charge on any atom is 0.0474 e. The zero-order valence-electron chi connectivity index (χ0n) is 10.9. The van der Waals surface area contributed by atoms with Crippen LogP contribution in [0.2, 0.25) is 0 Å². The van der Waals surface area contributed by atoms with E-state index >= 15 is 0 Å². The van der Waals surface area contributed by atoms with Gasteiger partial charge < -0.3 is 10.5 Å². The van der Waals surface area contributed by atoms with E-state index in [0.29, 0.717) is 0 Å². The van der Waals surface area contributed by atoms with Crippen molar-refractivity contribution in [2.24, 2.45) is 5.73 Å². The second kappa shape index (κ2) is 8.08. The van der Waals surface area contributed by atoms with Crippen molar-refractivity contribution in [1.29, 1.82) is 0 Å². The van der Waals surface area contributed by atoms with E-state index in [1.807, 2.05) is 0 Å². The fourth-order valence-corrected chi connectivity index (χ4v) is 2.25. The van der Waals surface area contributed by atoms with Gasteiger partial charge >= 0.3 is 0 Å². The predicted molar refractivity (Wildman–Crippen MR) is 66.1 cm³/mol. The van der Waals surface area contributed by atoms with Crippen LogP contribution in [0, 0.1) is 0 Å². The maximum absolute atomic E-state index is 5.94. The van der Waals surface area contributed by atoms with Gasteiger partial charge in [0.15, 0.2) is 0 Å². The van der Waals surface area contributed by atoms with Crippen molar-refractivity contribution in [3.8, 4) is 0 Å². The molecule has 0 rings (SSSR count). The van der Waals surface area contributed by atoms with Crippen LogP contribution in [0.15, 0.2) is 0 Å². The number of nitrogens with two attached hydrogens (primary N) is 1. The molecule has 92 valence electrons. The molecule has 0 amide bonds. The zero-order valence-corrected chi connectivity index (χ0v) is 10.9. The highest BCUT2D eigenvalue weighted by atomic mass is 16.5. The van der Waals surface area contributed by atoms with E-state index in [9.17, 15) is 0 Å². The Hall–Kier alpha value is -0.120. The maximum atomic E-state index is 5.94. The summed E-state index contributed by atoms with van der Waals surface area (Å²) in [5.74, 6) is 0. The van der Waals surface area contributed by atoms with Gasteiger partial charge in [-0.1, -0.05) is 20.8 Å². The molecule has 0 aromatic carbocycles. The number of hydrogen-bond donors (Lipinski definition) is 1. The minimum Gasteiger partial charge on any atom is -0.385 e. The van der Waals surface area contributed by atoms with E-state index in [1.54, 1.807) is 7.11 Å². The number of ether oxygens (including phenoxy) is 1. The lowest BCUT2D eigenvalue weighted by Crippen LogP contribution is -2.53. The van der Waals surface area contributed by atoms with Crippen LogP contribution in [0.25, 0.3) is 0 Å². The summed E-state index contributed by atoms with van der Waals surface area (Å²) in [6, 6.07) is 0. The molecule has 0 aliphatic rings. The summed E-state index contributed by atoms with van der Waals surface area (Å²) in [7, 11) is 1.76. The Morgan fingerprint density at radius 3 is 2.13 bits per heavy atom. The Bertz CT molecular complexity index is 138. The highest BCUT2D eigenvalue weighted by Crippen LogP contribution is 2.22. The lowest BCUT2D eigenvalue weighted by atomic mass is 9.90. The Morgan fingerprint density at radius 2 is 1.80 bits per heavy atom. The molecule has 15 heavy (non-hydrogen) atoms. The third kappa shape index (κ3) is 4.09. The van der Waals surface area contributed by atoms with Crippen LogP contribution >= 0.6 is 0 Å². The standard InChI is InChI=1S/C12H28N2O/c1-5-12(6-2,11-13)14(7-3)9-8-10-15-4/h5-11,13H2,1-4H3. The molecule has 0 spiro atoms. The fraction of sp³-hybridized carbons (Fsp3) is 1.00. The minimum atomic E-state index is 0.197. The van der Waals surface area contributed by atoms with E-state index in [1.165, 1.54) is 0 Å². The Kier molecular flexibility index (Phi) is 8.02. The van der Waals surface area contributed by atoms with Crippen LogP contribution in [0.4, 0.5) is 0 Å². The van der Waals surface area contributed by atoms with Gasteiger partial charge in [-0.05, 0) is 25.8 Å². The van der Waals surface area contributed by atoms with Crippen LogP contribution in [0.3, 0.4) is 0 Å². The van der Waals surface area contributed by atoms with Crippen LogP contribution in [0.1, 0.15) is 40.0 Å². The fourth-order valence-electron chi connectivity index (χ4n) is 2.25. The summed E-state index contributed by atoms with van der Waals surface area (Å²) in [6.45, 7) is 10.4. The second-order valence-electron chi connectivity index (χ2n) is 4.06. The van der Waals surface area contributed by atoms with Gasteiger partial charge in [0.05, 0.1) is 0 Å². The van der Waals surface area contributed by atoms with Crippen LogP contribution in [0.5, 0.6) is 0 Å². The topological polar surface area (TPSA) is 38.5 Å². The Labute approximate surface area is 95.0 Å². The molecule has 0 saturated heterocycles. The van der Waals surface area contributed by atoms with Gasteiger partial charge in [0, 0.05) is 32.3 Å². The average molecular weight is 216 g/mol. The first-order valence-electron chi connectivity index (χ1n) is 6.14. The normalized spacial score (nSPS) is 12.4. The first kappa shape index (κ1) is 14.9. The van der Waals surface area contributed by atoms with Gasteiger partial charge in [0.2, 0.25) is 0 Å². The molecule has 0 heterocycles. The highest BCUT2D eigenvalue weighted by molar-refractivity contribution is 4.88. The molecule has 2 N–H and O–H groups in total. The van der Waals surface area contributed by atoms with E-state index in [0.717, 1.165) is 45.5 Å². The van der Waals surface area contributed by atoms with Crippen LogP contribution < -0.4 is 5.73 Å². The molecule has 0 aliphatic carbocycles. The minimum absolute atomic E-state index is 0.197. The van der Waals surface area contributed by atoms with Crippen molar-refractivity contribution < 1.29 is 4.74 Å². The summed E-state index contributed by atoms with van der Waals surface area (Å²) in [5.41, 5.74) is 6.13. The number of likely N-dealkylation sites (N-methyl/N-ethyl adjacent to an activating group) is 1. The largest absolute Gasteiger partial charge is 0.385 e. The quantitative estimate of drug-likeness (QED) is 0.598. The Morgan fingerprint density at radius 1 is 1.20 bits per heavy atom. The summed E-state index contributed by atoms with van der Waals surface area (Å²) >= 11 is 0. The first-order chi connectivity index (χ1) is 7.20. The van der Waals surface area contributed by atoms with E-state index in [4.69, 9.17) is 10.5 Å². The smallest absolute Gasteiger partial charge is 0.0474 e. The van der Waals surface area contributed by atoms with Crippen molar-refractivity contribution in [3.63, 3.8) is 0 Å². The van der Waals surface area contributed by atoms with Crippen molar-refractivity contribution in [1.82, 2.24) is 4.90 Å². The van der Waals surface area contributed by atoms with Gasteiger partial charge in [-0.3, -0.25) is 4.90 Å². The number of nitrogens with zero attached hydrogens (tertiary/aromatic N) is 1. The van der Waals surface area contributed by atoms with Crippen molar-refractivity contribution in [2.45, 2.75) is 45.6 Å². The molecule has 0 fully saturated rings. The molecule has 0 saturated carbocycles. The van der Waals surface area contributed by atoms with Crippen molar-refractivity contribution in [3.05, 3.63) is 0 Å². The molecule has 0 aliphatic heterocycles. The van der Waals surface area contributed by atoms with Crippen molar-refractivity contribution in [2.75, 3.05) is 33.4 Å². The van der Waals surface area contributed by atoms with Gasteiger partial charge in [0.1, 0.15) is 0 Å². The number of rotatable bonds is 9. The lowest BCUT2D eigenvalue weighted by molar-refractivity contribution is 0.0776. The van der Waals surface area contributed by atoms with Crippen molar-refractivity contribution >= 4 is 0 Å². The lowest BCUT2D eigenvalue weighted by Gasteiger charge is -2.42. The monoisotopic (exact) mass is 216 g/mol. The average Bonchev–Trinajstić information content (AvgIpc) is 2.29. The highest BCUT2D eigenvalue weighted by Gasteiger charge is 2.30.